The molecule has 3 heterocycles. The van der Waals surface area contributed by atoms with E-state index in [0.717, 1.165) is 5.56 Å². The Morgan fingerprint density at radius 1 is 0.974 bits per heavy atom. The van der Waals surface area contributed by atoms with Crippen molar-refractivity contribution in [3.63, 3.8) is 0 Å². The average Bonchev–Trinajstić information content (AvgIpc) is 3.27. The molecule has 6 aromatic rings. The van der Waals surface area contributed by atoms with Gasteiger partial charge in [-0.1, -0.05) is 59.5 Å². The van der Waals surface area contributed by atoms with E-state index in [-0.39, 0.29) is 30.2 Å². The van der Waals surface area contributed by atoms with Crippen LogP contribution in [0.4, 0.5) is 5.82 Å². The van der Waals surface area contributed by atoms with Crippen LogP contribution in [0.15, 0.2) is 77.9 Å². The van der Waals surface area contributed by atoms with Crippen molar-refractivity contribution in [3.05, 3.63) is 99.8 Å². The van der Waals surface area contributed by atoms with Crippen molar-refractivity contribution in [2.75, 3.05) is 5.73 Å². The third-order valence-electron chi connectivity index (χ3n) is 6.35. The summed E-state index contributed by atoms with van der Waals surface area (Å²) >= 11 is 6.44. The topological polar surface area (TPSA) is 125 Å². The fraction of sp³-hybridized carbons (Fsp3) is 0.0741. The summed E-state index contributed by atoms with van der Waals surface area (Å²) in [6, 6.07) is 19.2. The van der Waals surface area contributed by atoms with Gasteiger partial charge in [0.05, 0.1) is 22.8 Å². The smallest absolute Gasteiger partial charge is 0.261 e. The molecule has 0 aliphatic carbocycles. The molecule has 0 fully saturated rings. The first kappa shape index (κ1) is 23.7. The Morgan fingerprint density at radius 2 is 1.79 bits per heavy atom. The Kier molecular flexibility index (Phi) is 5.81. The number of rotatable bonds is 5. The third-order valence-corrected chi connectivity index (χ3v) is 6.72. The van der Waals surface area contributed by atoms with Gasteiger partial charge >= 0.3 is 0 Å². The molecule has 0 saturated carbocycles. The van der Waals surface area contributed by atoms with Gasteiger partial charge in [-0.2, -0.15) is 5.10 Å². The number of nitrogen functional groups attached to an aromatic ring is 1. The number of halogens is 1. The monoisotopic (exact) mass is 519 g/mol. The Morgan fingerprint density at radius 3 is 2.61 bits per heavy atom. The first-order valence-corrected chi connectivity index (χ1v) is 12.1. The number of nitrogens with zero attached hydrogens (tertiary/aromatic N) is 6. The van der Waals surface area contributed by atoms with Gasteiger partial charge in [0.25, 0.3) is 5.56 Å². The van der Waals surface area contributed by atoms with Crippen LogP contribution in [0.5, 0.6) is 5.75 Å². The SMILES string of the molecule is [B]c1cccc2nc(Cn3nc(-c4cccc(O)c4)c4c(N)ncnc43)n(Cc3ccccc3Cl)c(=O)c12. The molecule has 38 heavy (non-hydrogen) atoms. The van der Waals surface area contributed by atoms with Crippen LogP contribution in [0, 0.1) is 0 Å². The van der Waals surface area contributed by atoms with E-state index in [9.17, 15) is 9.90 Å². The highest BCUT2D eigenvalue weighted by Crippen LogP contribution is 2.32. The van der Waals surface area contributed by atoms with Crippen LogP contribution >= 0.6 is 11.6 Å². The Balaban J connectivity index is 1.57. The minimum absolute atomic E-state index is 0.0861. The molecule has 11 heteroatoms. The number of nitrogens with two attached hydrogens (primary N) is 1. The standard InChI is InChI=1S/C27H19BClN7O2/c28-18-8-4-10-20-22(18)27(38)35(12-16-5-1-2-9-19(16)29)21(33-20)13-36-26-23(25(30)31-14-32-26)24(34-36)15-6-3-7-17(37)11-15/h1-11,14,37H,12-13H2,(H2,30,31,32). The van der Waals surface area contributed by atoms with Gasteiger partial charge in [-0.25, -0.2) is 19.6 Å². The van der Waals surface area contributed by atoms with E-state index in [1.807, 2.05) is 24.3 Å². The molecular weight excluding hydrogens is 501 g/mol. The summed E-state index contributed by atoms with van der Waals surface area (Å²) in [6.45, 7) is 0.275. The molecule has 3 N–H and O–H groups in total. The molecule has 9 nitrogen and oxygen atoms in total. The van der Waals surface area contributed by atoms with E-state index in [0.29, 0.717) is 49.5 Å². The summed E-state index contributed by atoms with van der Waals surface area (Å²) in [7, 11) is 6.17. The van der Waals surface area contributed by atoms with Crippen molar-refractivity contribution in [1.29, 1.82) is 0 Å². The molecule has 0 unspecified atom stereocenters. The summed E-state index contributed by atoms with van der Waals surface area (Å²) in [5.41, 5.74) is 9.12. The van der Waals surface area contributed by atoms with Crippen molar-refractivity contribution in [1.82, 2.24) is 29.3 Å². The zero-order chi connectivity index (χ0) is 26.4. The molecule has 0 atom stereocenters. The number of fused-ring (bicyclic) bond motifs is 2. The lowest BCUT2D eigenvalue weighted by molar-refractivity contribution is 0.475. The number of anilines is 1. The summed E-state index contributed by atoms with van der Waals surface area (Å²) in [5.74, 6) is 0.757. The zero-order valence-electron chi connectivity index (χ0n) is 19.9. The molecule has 6 rings (SSSR count). The van der Waals surface area contributed by atoms with Crippen LogP contribution in [0.25, 0.3) is 33.2 Å². The second kappa shape index (κ2) is 9.31. The van der Waals surface area contributed by atoms with Crippen molar-refractivity contribution in [2.24, 2.45) is 0 Å². The second-order valence-electron chi connectivity index (χ2n) is 8.77. The first-order chi connectivity index (χ1) is 18.4. The zero-order valence-corrected chi connectivity index (χ0v) is 20.7. The number of phenolic OH excluding ortho intramolecular Hbond substituents is 1. The van der Waals surface area contributed by atoms with E-state index >= 15 is 0 Å². The third kappa shape index (κ3) is 4.05. The van der Waals surface area contributed by atoms with E-state index in [1.165, 1.54) is 6.33 Å². The number of benzene rings is 3. The molecule has 2 radical (unpaired) electrons. The maximum absolute atomic E-state index is 13.8. The van der Waals surface area contributed by atoms with Crippen LogP contribution in [-0.4, -0.2) is 42.3 Å². The average molecular weight is 520 g/mol. The largest absolute Gasteiger partial charge is 0.508 e. The Bertz CT molecular complexity index is 1920. The number of aromatic hydroxyl groups is 1. The first-order valence-electron chi connectivity index (χ1n) is 11.7. The molecule has 0 bridgehead atoms. The molecule has 3 aromatic carbocycles. The predicted molar refractivity (Wildman–Crippen MR) is 148 cm³/mol. The predicted octanol–water partition coefficient (Wildman–Crippen LogP) is 3.03. The maximum Gasteiger partial charge on any atom is 0.261 e. The van der Waals surface area contributed by atoms with Gasteiger partial charge in [-0.15, -0.1) is 0 Å². The molecule has 3 aromatic heterocycles. The lowest BCUT2D eigenvalue weighted by Gasteiger charge is -2.15. The van der Waals surface area contributed by atoms with Crippen molar-refractivity contribution in [3.8, 4) is 17.0 Å². The highest BCUT2D eigenvalue weighted by molar-refractivity contribution is 6.38. The molecule has 0 saturated heterocycles. The summed E-state index contributed by atoms with van der Waals surface area (Å²) < 4.78 is 3.17. The fourth-order valence-corrected chi connectivity index (χ4v) is 4.74. The molecular formula is C27H19BClN7O2. The number of phenols is 1. The van der Waals surface area contributed by atoms with Gasteiger partial charge in [0.1, 0.15) is 43.8 Å². The van der Waals surface area contributed by atoms with Crippen molar-refractivity contribution in [2.45, 2.75) is 13.1 Å². The lowest BCUT2D eigenvalue weighted by atomic mass is 9.92. The Hall–Kier alpha value is -4.70. The van der Waals surface area contributed by atoms with Gasteiger partial charge in [-0.3, -0.25) is 9.36 Å². The lowest BCUT2D eigenvalue weighted by Crippen LogP contribution is -2.30. The van der Waals surface area contributed by atoms with Crippen molar-refractivity contribution < 1.29 is 5.11 Å². The molecule has 0 aliphatic heterocycles. The van der Waals surface area contributed by atoms with Crippen LogP contribution in [0.1, 0.15) is 11.4 Å². The summed E-state index contributed by atoms with van der Waals surface area (Å²) in [4.78, 5) is 27.1. The number of hydrogen-bond donors (Lipinski definition) is 2. The quantitative estimate of drug-likeness (QED) is 0.335. The van der Waals surface area contributed by atoms with Crippen LogP contribution in [0.3, 0.4) is 0 Å². The second-order valence-corrected chi connectivity index (χ2v) is 9.17. The van der Waals surface area contributed by atoms with Crippen LogP contribution < -0.4 is 16.8 Å². The minimum Gasteiger partial charge on any atom is -0.508 e. The minimum atomic E-state index is -0.290. The normalized spacial score (nSPS) is 11.4. The Labute approximate surface area is 222 Å². The summed E-state index contributed by atoms with van der Waals surface area (Å²) in [5, 5.41) is 16.2. The number of aromatic nitrogens is 6. The van der Waals surface area contributed by atoms with E-state index in [1.54, 1.807) is 51.7 Å². The van der Waals surface area contributed by atoms with E-state index < -0.39 is 0 Å². The maximum atomic E-state index is 13.8. The van der Waals surface area contributed by atoms with Gasteiger partial charge in [0, 0.05) is 10.6 Å². The van der Waals surface area contributed by atoms with Crippen LogP contribution in [0.2, 0.25) is 5.02 Å². The van der Waals surface area contributed by atoms with Gasteiger partial charge in [0.2, 0.25) is 0 Å². The summed E-state index contributed by atoms with van der Waals surface area (Å²) in [6.07, 6.45) is 1.35. The fourth-order valence-electron chi connectivity index (χ4n) is 4.55. The van der Waals surface area contributed by atoms with Crippen molar-refractivity contribution >= 4 is 52.7 Å². The van der Waals surface area contributed by atoms with E-state index in [4.69, 9.17) is 35.3 Å². The molecule has 184 valence electrons. The van der Waals surface area contributed by atoms with Gasteiger partial charge < -0.3 is 10.8 Å². The molecule has 0 spiro atoms. The van der Waals surface area contributed by atoms with Gasteiger partial charge in [-0.05, 0) is 29.8 Å². The van der Waals surface area contributed by atoms with Gasteiger partial charge in [0.15, 0.2) is 5.65 Å². The van der Waals surface area contributed by atoms with E-state index in [2.05, 4.69) is 9.97 Å². The molecule has 0 amide bonds. The highest BCUT2D eigenvalue weighted by atomic mass is 35.5. The van der Waals surface area contributed by atoms with Crippen LogP contribution in [-0.2, 0) is 13.1 Å². The number of hydrogen-bond acceptors (Lipinski definition) is 7. The molecule has 0 aliphatic rings. The highest BCUT2D eigenvalue weighted by Gasteiger charge is 2.20.